The molecule has 76 valence electrons. The first-order valence-corrected chi connectivity index (χ1v) is 4.96. The molecule has 0 N–H and O–H groups in total. The molecule has 15 heavy (non-hydrogen) atoms. The molecule has 0 spiro atoms. The van der Waals surface area contributed by atoms with Crippen molar-refractivity contribution < 1.29 is 13.6 Å². The van der Waals surface area contributed by atoms with Crippen LogP contribution in [0.5, 0.6) is 0 Å². The molecule has 0 amide bonds. The Morgan fingerprint density at radius 2 is 1.93 bits per heavy atom. The zero-order valence-electron chi connectivity index (χ0n) is 7.41. The molecule has 1 heterocycles. The number of benzene rings is 1. The fourth-order valence-corrected chi connectivity index (χ4v) is 1.74. The molecule has 0 radical (unpaired) electrons. The van der Waals surface area contributed by atoms with Crippen molar-refractivity contribution in [3.8, 4) is 0 Å². The highest BCUT2D eigenvalue weighted by atomic mass is 32.1. The molecule has 0 fully saturated rings. The Bertz CT molecular complexity index is 476. The molecule has 1 aromatic heterocycles. The summed E-state index contributed by atoms with van der Waals surface area (Å²) in [5.74, 6) is -2.45. The topological polar surface area (TPSA) is 30.0 Å². The maximum absolute atomic E-state index is 13.2. The minimum Gasteiger partial charge on any atom is -0.286 e. The molecular weight excluding hydrogens is 220 g/mol. The van der Waals surface area contributed by atoms with E-state index < -0.39 is 23.0 Å². The van der Waals surface area contributed by atoms with Crippen molar-refractivity contribution in [2.24, 2.45) is 0 Å². The minimum absolute atomic E-state index is 0.0824. The molecule has 0 aliphatic carbocycles. The quantitative estimate of drug-likeness (QED) is 0.735. The highest BCUT2D eigenvalue weighted by Crippen LogP contribution is 2.18. The largest absolute Gasteiger partial charge is 0.286 e. The molecule has 0 unspecified atom stereocenters. The van der Waals surface area contributed by atoms with Gasteiger partial charge in [-0.3, -0.25) is 4.79 Å². The summed E-state index contributed by atoms with van der Waals surface area (Å²) in [7, 11) is 0. The lowest BCUT2D eigenvalue weighted by atomic mass is 10.1. The summed E-state index contributed by atoms with van der Waals surface area (Å²) in [6.07, 6.45) is 1.41. The first-order valence-electron chi connectivity index (χ1n) is 4.08. The monoisotopic (exact) mass is 225 g/mol. The third-order valence-electron chi connectivity index (χ3n) is 1.82. The van der Waals surface area contributed by atoms with Crippen LogP contribution in [0.4, 0.5) is 8.78 Å². The number of aromatic nitrogens is 1. The second-order valence-corrected chi connectivity index (χ2v) is 3.66. The second-order valence-electron chi connectivity index (χ2n) is 2.76. The Morgan fingerprint density at radius 1 is 1.27 bits per heavy atom. The van der Waals surface area contributed by atoms with Gasteiger partial charge in [-0.2, -0.15) is 0 Å². The SMILES string of the molecule is O=C(c1nccs1)c1c(F)cccc1F. The van der Waals surface area contributed by atoms with Crippen LogP contribution in [0.15, 0.2) is 29.8 Å². The van der Waals surface area contributed by atoms with E-state index in [0.717, 1.165) is 23.5 Å². The van der Waals surface area contributed by atoms with Gasteiger partial charge in [0, 0.05) is 11.6 Å². The Balaban J connectivity index is 2.51. The molecule has 0 atom stereocenters. The molecule has 0 aliphatic heterocycles. The van der Waals surface area contributed by atoms with Gasteiger partial charge in [-0.05, 0) is 12.1 Å². The normalized spacial score (nSPS) is 10.3. The number of halogens is 2. The number of thiazole rings is 1. The van der Waals surface area contributed by atoms with Crippen molar-refractivity contribution in [2.45, 2.75) is 0 Å². The van der Waals surface area contributed by atoms with Gasteiger partial charge in [0.2, 0.25) is 5.78 Å². The minimum atomic E-state index is -0.866. The van der Waals surface area contributed by atoms with Crippen LogP contribution in [-0.2, 0) is 0 Å². The standard InChI is InChI=1S/C10H5F2NOS/c11-6-2-1-3-7(12)8(6)9(14)10-13-4-5-15-10/h1-5H. The third-order valence-corrected chi connectivity index (χ3v) is 2.59. The van der Waals surface area contributed by atoms with E-state index in [0.29, 0.717) is 0 Å². The number of carbonyl (C=O) groups is 1. The van der Waals surface area contributed by atoms with E-state index in [4.69, 9.17) is 0 Å². The van der Waals surface area contributed by atoms with Crippen LogP contribution >= 0.6 is 11.3 Å². The van der Waals surface area contributed by atoms with Crippen molar-refractivity contribution in [2.75, 3.05) is 0 Å². The fourth-order valence-electron chi connectivity index (χ4n) is 1.16. The van der Waals surface area contributed by atoms with Crippen LogP contribution in [0.2, 0.25) is 0 Å². The van der Waals surface area contributed by atoms with E-state index in [2.05, 4.69) is 4.98 Å². The zero-order valence-corrected chi connectivity index (χ0v) is 8.22. The highest BCUT2D eigenvalue weighted by Gasteiger charge is 2.20. The molecular formula is C10H5F2NOS. The van der Waals surface area contributed by atoms with Gasteiger partial charge < -0.3 is 0 Å². The van der Waals surface area contributed by atoms with Gasteiger partial charge in [0.15, 0.2) is 5.01 Å². The van der Waals surface area contributed by atoms with Gasteiger partial charge in [-0.25, -0.2) is 13.8 Å². The average molecular weight is 225 g/mol. The third kappa shape index (κ3) is 1.78. The van der Waals surface area contributed by atoms with Gasteiger partial charge in [0.05, 0.1) is 5.56 Å². The molecule has 2 nitrogen and oxygen atoms in total. The van der Waals surface area contributed by atoms with E-state index in [1.54, 1.807) is 5.38 Å². The maximum Gasteiger partial charge on any atom is 0.227 e. The van der Waals surface area contributed by atoms with Crippen LogP contribution in [0.25, 0.3) is 0 Å². The van der Waals surface area contributed by atoms with Crippen molar-refractivity contribution in [3.05, 3.63) is 52.0 Å². The Morgan fingerprint density at radius 3 is 2.47 bits per heavy atom. The summed E-state index contributed by atoms with van der Waals surface area (Å²) >= 11 is 1.05. The van der Waals surface area contributed by atoms with Crippen molar-refractivity contribution >= 4 is 17.1 Å². The first-order chi connectivity index (χ1) is 7.20. The Kier molecular flexibility index (Phi) is 2.55. The number of hydrogen-bond acceptors (Lipinski definition) is 3. The van der Waals surface area contributed by atoms with Gasteiger partial charge >= 0.3 is 0 Å². The van der Waals surface area contributed by atoms with Crippen molar-refractivity contribution in [1.82, 2.24) is 4.98 Å². The Labute approximate surface area is 88.2 Å². The number of carbonyl (C=O) groups excluding carboxylic acids is 1. The predicted molar refractivity (Wildman–Crippen MR) is 51.9 cm³/mol. The number of rotatable bonds is 2. The van der Waals surface area contributed by atoms with E-state index in [-0.39, 0.29) is 5.01 Å². The lowest BCUT2D eigenvalue weighted by molar-refractivity contribution is 0.103. The van der Waals surface area contributed by atoms with Crippen LogP contribution in [-0.4, -0.2) is 10.8 Å². The molecule has 0 bridgehead atoms. The summed E-state index contributed by atoms with van der Waals surface area (Å²) in [6.45, 7) is 0. The molecule has 5 heteroatoms. The molecule has 0 saturated heterocycles. The summed E-state index contributed by atoms with van der Waals surface area (Å²) in [5.41, 5.74) is -0.549. The number of ketones is 1. The maximum atomic E-state index is 13.2. The van der Waals surface area contributed by atoms with Gasteiger partial charge in [-0.15, -0.1) is 11.3 Å². The molecule has 2 aromatic rings. The fraction of sp³-hybridized carbons (Fsp3) is 0. The van der Waals surface area contributed by atoms with Gasteiger partial charge in [0.25, 0.3) is 0 Å². The summed E-state index contributed by atoms with van der Waals surface area (Å²) < 4.78 is 26.4. The van der Waals surface area contributed by atoms with Crippen LogP contribution < -0.4 is 0 Å². The first kappa shape index (κ1) is 9.92. The van der Waals surface area contributed by atoms with Crippen molar-refractivity contribution in [3.63, 3.8) is 0 Å². The smallest absolute Gasteiger partial charge is 0.227 e. The van der Waals surface area contributed by atoms with E-state index in [9.17, 15) is 13.6 Å². The van der Waals surface area contributed by atoms with Gasteiger partial charge in [0.1, 0.15) is 11.6 Å². The molecule has 2 rings (SSSR count). The lowest BCUT2D eigenvalue weighted by Crippen LogP contribution is -2.06. The summed E-state index contributed by atoms with van der Waals surface area (Å²) in [5, 5.41) is 1.66. The average Bonchev–Trinajstić information content (AvgIpc) is 2.69. The van der Waals surface area contributed by atoms with E-state index >= 15 is 0 Å². The summed E-state index contributed by atoms with van der Waals surface area (Å²) in [6, 6.07) is 3.30. The number of hydrogen-bond donors (Lipinski definition) is 0. The molecule has 0 aliphatic rings. The zero-order chi connectivity index (χ0) is 10.8. The summed E-state index contributed by atoms with van der Waals surface area (Å²) in [4.78, 5) is 15.3. The van der Waals surface area contributed by atoms with E-state index in [1.165, 1.54) is 12.3 Å². The van der Waals surface area contributed by atoms with Crippen molar-refractivity contribution in [1.29, 1.82) is 0 Å². The molecule has 0 saturated carbocycles. The predicted octanol–water partition coefficient (Wildman–Crippen LogP) is 2.65. The van der Waals surface area contributed by atoms with Crippen LogP contribution in [0, 0.1) is 11.6 Å². The van der Waals surface area contributed by atoms with Crippen LogP contribution in [0.1, 0.15) is 15.4 Å². The lowest BCUT2D eigenvalue weighted by Gasteiger charge is -2.00. The van der Waals surface area contributed by atoms with Crippen LogP contribution in [0.3, 0.4) is 0 Å². The van der Waals surface area contributed by atoms with E-state index in [1.807, 2.05) is 0 Å². The number of nitrogens with zero attached hydrogens (tertiary/aromatic N) is 1. The van der Waals surface area contributed by atoms with Gasteiger partial charge in [-0.1, -0.05) is 6.07 Å². The molecule has 1 aromatic carbocycles. The second kappa shape index (κ2) is 3.86. The highest BCUT2D eigenvalue weighted by molar-refractivity contribution is 7.11. The Hall–Kier alpha value is -1.62.